The van der Waals surface area contributed by atoms with Crippen molar-refractivity contribution in [3.05, 3.63) is 35.0 Å². The highest BCUT2D eigenvalue weighted by atomic mass is 19.4. The molecule has 0 aliphatic heterocycles. The van der Waals surface area contributed by atoms with E-state index in [0.717, 1.165) is 0 Å². The molecule has 0 aliphatic rings. The van der Waals surface area contributed by atoms with Gasteiger partial charge < -0.3 is 9.94 Å². The fourth-order valence-electron chi connectivity index (χ4n) is 1.15. The summed E-state index contributed by atoms with van der Waals surface area (Å²) in [5.41, 5.74) is -0.159. The van der Waals surface area contributed by atoms with E-state index in [9.17, 15) is 18.4 Å². The smallest absolute Gasteiger partial charge is 0.416 e. The minimum atomic E-state index is -4.64. The predicted molar refractivity (Wildman–Crippen MR) is 50.0 cm³/mol. The normalized spacial score (nSPS) is 14.0. The van der Waals surface area contributed by atoms with Gasteiger partial charge in [-0.15, -0.1) is 0 Å². The molecular weight excluding hydrogens is 225 g/mol. The average molecular weight is 233 g/mol. The summed E-state index contributed by atoms with van der Waals surface area (Å²) in [6.07, 6.45) is -4.64. The lowest BCUT2D eigenvalue weighted by Gasteiger charge is -2.16. The van der Waals surface area contributed by atoms with E-state index < -0.39 is 12.2 Å². The predicted octanol–water partition coefficient (Wildman–Crippen LogP) is 3.25. The molecule has 16 heavy (non-hydrogen) atoms. The van der Waals surface area contributed by atoms with Gasteiger partial charge in [0.2, 0.25) is 0 Å². The van der Waals surface area contributed by atoms with Gasteiger partial charge in [0.25, 0.3) is 0 Å². The first-order chi connectivity index (χ1) is 7.49. The van der Waals surface area contributed by atoms with E-state index in [0.29, 0.717) is 5.75 Å². The Morgan fingerprint density at radius 3 is 2.19 bits per heavy atom. The molecule has 1 atom stereocenters. The van der Waals surface area contributed by atoms with Gasteiger partial charge in [-0.3, -0.25) is 0 Å². The number of alkyl halides is 3. The van der Waals surface area contributed by atoms with Gasteiger partial charge >= 0.3 is 6.18 Å². The minimum absolute atomic E-state index is 0.159. The molecule has 0 amide bonds. The first-order valence-corrected chi connectivity index (χ1v) is 4.22. The highest BCUT2D eigenvalue weighted by Crippen LogP contribution is 2.36. The van der Waals surface area contributed by atoms with Crippen LogP contribution in [0.3, 0.4) is 0 Å². The molecule has 0 radical (unpaired) electrons. The summed E-state index contributed by atoms with van der Waals surface area (Å²) < 4.78 is 42.2. The van der Waals surface area contributed by atoms with Crippen molar-refractivity contribution in [2.75, 3.05) is 7.11 Å². The molecule has 0 saturated heterocycles. The number of rotatable bonds is 3. The summed E-state index contributed by atoms with van der Waals surface area (Å²) in [7, 11) is 1.40. The number of hydrogen-bond acceptors (Lipinski definition) is 4. The van der Waals surface area contributed by atoms with E-state index in [-0.39, 0.29) is 5.56 Å². The van der Waals surface area contributed by atoms with Gasteiger partial charge in [0.05, 0.1) is 7.11 Å². The van der Waals surface area contributed by atoms with E-state index in [1.54, 1.807) is 0 Å². The first-order valence-electron chi connectivity index (χ1n) is 4.22. The lowest BCUT2D eigenvalue weighted by molar-refractivity contribution is -0.149. The molecule has 0 aliphatic carbocycles. The van der Waals surface area contributed by atoms with Gasteiger partial charge in [0, 0.05) is 0 Å². The first kappa shape index (κ1) is 12.3. The van der Waals surface area contributed by atoms with Crippen LogP contribution in [0.1, 0.15) is 11.6 Å². The second kappa shape index (κ2) is 4.82. The Hall–Kier alpha value is -1.79. The Morgan fingerprint density at radius 2 is 1.81 bits per heavy atom. The minimum Gasteiger partial charge on any atom is -0.775 e. The summed E-state index contributed by atoms with van der Waals surface area (Å²) in [6, 6.07) is 2.86. The number of nitrogens with zero attached hydrogens (tertiary/aromatic N) is 2. The molecular formula is C9H8F3N2O2-. The van der Waals surface area contributed by atoms with Crippen LogP contribution in [0.25, 0.3) is 0 Å². The largest absolute Gasteiger partial charge is 0.775 e. The van der Waals surface area contributed by atoms with Crippen LogP contribution < -0.4 is 4.74 Å². The second-order valence-electron chi connectivity index (χ2n) is 2.91. The quantitative estimate of drug-likeness (QED) is 0.594. The van der Waals surface area contributed by atoms with E-state index in [1.807, 2.05) is 5.28 Å². The Kier molecular flexibility index (Phi) is 3.70. The number of benzene rings is 1. The molecule has 0 fully saturated rings. The fourth-order valence-corrected chi connectivity index (χ4v) is 1.15. The summed E-state index contributed by atoms with van der Waals surface area (Å²) in [5, 5.41) is 14.4. The molecule has 0 aromatic heterocycles. The third kappa shape index (κ3) is 2.85. The van der Waals surface area contributed by atoms with Crippen LogP contribution >= 0.6 is 0 Å². The van der Waals surface area contributed by atoms with Crippen LogP contribution in [-0.2, 0) is 0 Å². The molecule has 0 spiro atoms. The van der Waals surface area contributed by atoms with Crippen LogP contribution in [-0.4, -0.2) is 13.3 Å². The molecule has 4 nitrogen and oxygen atoms in total. The van der Waals surface area contributed by atoms with E-state index in [1.165, 1.54) is 31.4 Å². The molecule has 0 N–H and O–H groups in total. The monoisotopic (exact) mass is 233 g/mol. The van der Waals surface area contributed by atoms with Crippen LogP contribution in [0.4, 0.5) is 13.2 Å². The van der Waals surface area contributed by atoms with Crippen molar-refractivity contribution in [3.8, 4) is 5.75 Å². The van der Waals surface area contributed by atoms with Crippen LogP contribution in [0.2, 0.25) is 0 Å². The molecule has 1 aromatic carbocycles. The van der Waals surface area contributed by atoms with Gasteiger partial charge in [-0.25, -0.2) is 5.28 Å². The second-order valence-corrected chi connectivity index (χ2v) is 2.91. The van der Waals surface area contributed by atoms with E-state index >= 15 is 0 Å². The van der Waals surface area contributed by atoms with Gasteiger partial charge in [0.15, 0.2) is 6.04 Å². The summed E-state index contributed by atoms with van der Waals surface area (Å²) >= 11 is 0. The highest BCUT2D eigenvalue weighted by molar-refractivity contribution is 5.29. The number of halogens is 3. The van der Waals surface area contributed by atoms with E-state index in [4.69, 9.17) is 4.74 Å². The Morgan fingerprint density at radius 1 is 1.25 bits per heavy atom. The topological polar surface area (TPSA) is 57.0 Å². The summed E-state index contributed by atoms with van der Waals surface area (Å²) in [5.74, 6) is 0.420. The lowest BCUT2D eigenvalue weighted by Crippen LogP contribution is -2.18. The zero-order valence-electron chi connectivity index (χ0n) is 8.23. The molecule has 0 saturated carbocycles. The molecule has 1 unspecified atom stereocenters. The van der Waals surface area contributed by atoms with E-state index in [2.05, 4.69) is 5.11 Å². The van der Waals surface area contributed by atoms with Gasteiger partial charge in [0.1, 0.15) is 5.75 Å². The number of ether oxygens (including phenoxy) is 1. The Labute approximate surface area is 89.3 Å². The molecule has 88 valence electrons. The maximum absolute atomic E-state index is 12.5. The maximum Gasteiger partial charge on any atom is 0.416 e. The Bertz CT molecular complexity index is 362. The van der Waals surface area contributed by atoms with Crippen molar-refractivity contribution in [2.24, 2.45) is 10.4 Å². The zero-order valence-corrected chi connectivity index (χ0v) is 8.23. The SMILES string of the molecule is COc1ccc(C(N=N[O-])C(F)(F)F)cc1. The Balaban J connectivity index is 3.02. The van der Waals surface area contributed by atoms with Crippen molar-refractivity contribution in [3.63, 3.8) is 0 Å². The number of hydrogen-bond donors (Lipinski definition) is 0. The van der Waals surface area contributed by atoms with Crippen LogP contribution in [0.5, 0.6) is 5.75 Å². The zero-order chi connectivity index (χ0) is 12.2. The van der Waals surface area contributed by atoms with Crippen molar-refractivity contribution >= 4 is 0 Å². The van der Waals surface area contributed by atoms with Crippen molar-refractivity contribution < 1.29 is 17.9 Å². The standard InChI is InChI=1S/C9H9F3N2O2/c1-16-7-4-2-6(3-5-7)8(13-14-15)9(10,11)12/h2-5,8H,1H3,(H,13,15)/p-1. The number of methoxy groups -OCH3 is 1. The van der Waals surface area contributed by atoms with Gasteiger partial charge in [-0.2, -0.15) is 18.3 Å². The van der Waals surface area contributed by atoms with Crippen LogP contribution in [0, 0.1) is 5.21 Å². The third-order valence-corrected chi connectivity index (χ3v) is 1.90. The van der Waals surface area contributed by atoms with Crippen molar-refractivity contribution in [1.82, 2.24) is 0 Å². The van der Waals surface area contributed by atoms with Gasteiger partial charge in [-0.05, 0) is 17.7 Å². The molecule has 1 rings (SSSR count). The van der Waals surface area contributed by atoms with Crippen molar-refractivity contribution in [1.29, 1.82) is 0 Å². The third-order valence-electron chi connectivity index (χ3n) is 1.90. The fraction of sp³-hybridized carbons (Fsp3) is 0.333. The highest BCUT2D eigenvalue weighted by Gasteiger charge is 2.41. The molecule has 1 aromatic rings. The van der Waals surface area contributed by atoms with Gasteiger partial charge in [-0.1, -0.05) is 12.1 Å². The molecule has 0 heterocycles. The molecule has 7 heteroatoms. The lowest BCUT2D eigenvalue weighted by atomic mass is 10.1. The van der Waals surface area contributed by atoms with Crippen LogP contribution in [0.15, 0.2) is 34.7 Å². The molecule has 0 bridgehead atoms. The summed E-state index contributed by atoms with van der Waals surface area (Å²) in [6.45, 7) is 0. The average Bonchev–Trinajstić information content (AvgIpc) is 2.25. The summed E-state index contributed by atoms with van der Waals surface area (Å²) in [4.78, 5) is 0. The maximum atomic E-state index is 12.5. The van der Waals surface area contributed by atoms with Crippen molar-refractivity contribution in [2.45, 2.75) is 12.2 Å².